The van der Waals surface area contributed by atoms with Crippen LogP contribution in [0.2, 0.25) is 19.6 Å². The lowest BCUT2D eigenvalue weighted by molar-refractivity contribution is 0.308. The highest BCUT2D eigenvalue weighted by molar-refractivity contribution is 6.70. The molecule has 0 radical (unpaired) electrons. The van der Waals surface area contributed by atoms with E-state index in [0.717, 1.165) is 0 Å². The van der Waals surface area contributed by atoms with Crippen molar-refractivity contribution in [1.29, 1.82) is 0 Å². The highest BCUT2D eigenvalue weighted by Crippen LogP contribution is 2.10. The van der Waals surface area contributed by atoms with Gasteiger partial charge in [0.25, 0.3) is 0 Å². The Morgan fingerprint density at radius 1 is 1.36 bits per heavy atom. The Morgan fingerprint density at radius 2 is 1.91 bits per heavy atom. The van der Waals surface area contributed by atoms with Crippen molar-refractivity contribution >= 4 is 8.32 Å². The average molecular weight is 172 g/mol. The van der Waals surface area contributed by atoms with Gasteiger partial charge in [0.2, 0.25) is 8.32 Å². The van der Waals surface area contributed by atoms with Gasteiger partial charge in [-0.2, -0.15) is 0 Å². The molecular weight excluding hydrogens is 156 g/mol. The van der Waals surface area contributed by atoms with Gasteiger partial charge in [0.15, 0.2) is 0 Å². The molecule has 0 spiro atoms. The van der Waals surface area contributed by atoms with E-state index in [1.54, 1.807) is 19.4 Å². The zero-order valence-corrected chi connectivity index (χ0v) is 8.68. The van der Waals surface area contributed by atoms with Crippen molar-refractivity contribution in [3.8, 4) is 0 Å². The molecule has 0 amide bonds. The van der Waals surface area contributed by atoms with Gasteiger partial charge >= 0.3 is 0 Å². The smallest absolute Gasteiger partial charge is 0.242 e. The van der Waals surface area contributed by atoms with Crippen LogP contribution in [-0.4, -0.2) is 15.4 Å². The molecule has 0 fully saturated rings. The molecule has 0 saturated heterocycles. The number of methoxy groups -OCH3 is 1. The minimum Gasteiger partial charge on any atom is -0.542 e. The summed E-state index contributed by atoms with van der Waals surface area (Å²) in [7, 11) is 0.0963. The molecule has 64 valence electrons. The van der Waals surface area contributed by atoms with Gasteiger partial charge in [-0.05, 0) is 25.7 Å². The first-order valence-corrected chi connectivity index (χ1v) is 6.95. The number of hydrogen-bond acceptors (Lipinski definition) is 2. The van der Waals surface area contributed by atoms with E-state index in [2.05, 4.69) is 26.2 Å². The third-order valence-electron chi connectivity index (χ3n) is 0.859. The Hall–Kier alpha value is -0.703. The molecule has 0 aliphatic heterocycles. The molecule has 0 aliphatic rings. The first-order chi connectivity index (χ1) is 4.99. The van der Waals surface area contributed by atoms with Crippen LogP contribution >= 0.6 is 0 Å². The van der Waals surface area contributed by atoms with Crippen molar-refractivity contribution in [2.24, 2.45) is 0 Å². The molecule has 0 aliphatic carbocycles. The Kier molecular flexibility index (Phi) is 3.96. The lowest BCUT2D eigenvalue weighted by Crippen LogP contribution is -2.24. The second-order valence-corrected chi connectivity index (χ2v) is 7.60. The monoisotopic (exact) mass is 172 g/mol. The summed E-state index contributed by atoms with van der Waals surface area (Å²) in [6.07, 6.45) is 3.22. The van der Waals surface area contributed by atoms with Crippen molar-refractivity contribution in [3.05, 3.63) is 24.7 Å². The summed E-state index contributed by atoms with van der Waals surface area (Å²) < 4.78 is 10.4. The molecule has 0 atom stereocenters. The fourth-order valence-corrected chi connectivity index (χ4v) is 1.42. The summed E-state index contributed by atoms with van der Waals surface area (Å²) in [4.78, 5) is 0. The molecule has 0 unspecified atom stereocenters. The minimum absolute atomic E-state index is 0.715. The molecule has 0 aromatic carbocycles. The zero-order valence-electron chi connectivity index (χ0n) is 7.68. The molecule has 0 aromatic rings. The Morgan fingerprint density at radius 3 is 2.18 bits per heavy atom. The summed E-state index contributed by atoms with van der Waals surface area (Å²) in [6.45, 7) is 9.95. The van der Waals surface area contributed by atoms with Gasteiger partial charge in [0, 0.05) is 0 Å². The van der Waals surface area contributed by atoms with Gasteiger partial charge in [0.05, 0.1) is 7.11 Å². The second kappa shape index (κ2) is 4.23. The van der Waals surface area contributed by atoms with Crippen molar-refractivity contribution in [2.75, 3.05) is 7.11 Å². The third kappa shape index (κ3) is 5.73. The number of rotatable bonds is 4. The predicted octanol–water partition coefficient (Wildman–Crippen LogP) is 2.51. The fraction of sp³-hybridized carbons (Fsp3) is 0.500. The minimum atomic E-state index is -1.50. The molecule has 0 saturated carbocycles. The van der Waals surface area contributed by atoms with E-state index in [4.69, 9.17) is 9.16 Å². The molecule has 0 heterocycles. The van der Waals surface area contributed by atoms with Crippen molar-refractivity contribution in [3.63, 3.8) is 0 Å². The van der Waals surface area contributed by atoms with Crippen LogP contribution in [0.4, 0.5) is 0 Å². The molecule has 0 N–H and O–H groups in total. The average Bonchev–Trinajstić information content (AvgIpc) is 1.84. The van der Waals surface area contributed by atoms with E-state index >= 15 is 0 Å². The number of hydrogen-bond donors (Lipinski definition) is 0. The largest absolute Gasteiger partial charge is 0.542 e. The summed E-state index contributed by atoms with van der Waals surface area (Å²) in [5.41, 5.74) is 0. The summed E-state index contributed by atoms with van der Waals surface area (Å²) in [5.74, 6) is 0.715. The maximum absolute atomic E-state index is 5.58. The summed E-state index contributed by atoms with van der Waals surface area (Å²) in [5, 5.41) is 0. The first-order valence-electron chi connectivity index (χ1n) is 3.54. The third-order valence-corrected chi connectivity index (χ3v) is 1.71. The molecule has 2 nitrogen and oxygen atoms in total. The fourth-order valence-electron chi connectivity index (χ4n) is 0.584. The van der Waals surface area contributed by atoms with Crippen molar-refractivity contribution < 1.29 is 9.16 Å². The quantitative estimate of drug-likeness (QED) is 0.368. The van der Waals surface area contributed by atoms with E-state index in [1.165, 1.54) is 0 Å². The van der Waals surface area contributed by atoms with Crippen LogP contribution in [0.15, 0.2) is 24.7 Å². The lowest BCUT2D eigenvalue weighted by Gasteiger charge is -2.19. The van der Waals surface area contributed by atoms with Crippen LogP contribution in [0.25, 0.3) is 0 Å². The van der Waals surface area contributed by atoms with Crippen LogP contribution in [0.3, 0.4) is 0 Å². The number of ether oxygens (including phenoxy) is 1. The van der Waals surface area contributed by atoms with Gasteiger partial charge < -0.3 is 9.16 Å². The zero-order chi connectivity index (χ0) is 8.91. The SMILES string of the molecule is C=C/C(=C\OC)O[Si](C)(C)C. The second-order valence-electron chi connectivity index (χ2n) is 3.17. The van der Waals surface area contributed by atoms with E-state index in [0.29, 0.717) is 5.76 Å². The van der Waals surface area contributed by atoms with Crippen molar-refractivity contribution in [1.82, 2.24) is 0 Å². The molecule has 0 rings (SSSR count). The summed E-state index contributed by atoms with van der Waals surface area (Å²) in [6, 6.07) is 0. The normalized spacial score (nSPS) is 12.5. The van der Waals surface area contributed by atoms with Gasteiger partial charge in [0.1, 0.15) is 12.0 Å². The topological polar surface area (TPSA) is 18.5 Å². The van der Waals surface area contributed by atoms with Crippen molar-refractivity contribution in [2.45, 2.75) is 19.6 Å². The maximum atomic E-state index is 5.58. The van der Waals surface area contributed by atoms with Gasteiger partial charge in [-0.3, -0.25) is 0 Å². The Bertz CT molecular complexity index is 156. The van der Waals surface area contributed by atoms with Crippen LogP contribution in [0.1, 0.15) is 0 Å². The van der Waals surface area contributed by atoms with Crippen LogP contribution in [0, 0.1) is 0 Å². The van der Waals surface area contributed by atoms with Gasteiger partial charge in [-0.25, -0.2) is 0 Å². The van der Waals surface area contributed by atoms with Crippen LogP contribution in [-0.2, 0) is 9.16 Å². The van der Waals surface area contributed by atoms with E-state index in [-0.39, 0.29) is 0 Å². The van der Waals surface area contributed by atoms with E-state index in [9.17, 15) is 0 Å². The lowest BCUT2D eigenvalue weighted by atomic mass is 10.5. The van der Waals surface area contributed by atoms with Crippen LogP contribution < -0.4 is 0 Å². The standard InChI is InChI=1S/C8H16O2Si/c1-6-8(7-9-2)10-11(3,4)5/h6-7H,1H2,2-5H3/b8-7+. The predicted molar refractivity (Wildman–Crippen MR) is 49.7 cm³/mol. The summed E-state index contributed by atoms with van der Waals surface area (Å²) >= 11 is 0. The highest BCUT2D eigenvalue weighted by Gasteiger charge is 2.16. The van der Waals surface area contributed by atoms with Gasteiger partial charge in [-0.1, -0.05) is 6.58 Å². The molecule has 0 bridgehead atoms. The van der Waals surface area contributed by atoms with Crippen LogP contribution in [0.5, 0.6) is 0 Å². The number of allylic oxidation sites excluding steroid dienone is 1. The molecule has 3 heteroatoms. The first kappa shape index (κ1) is 10.3. The molecular formula is C8H16O2Si. The van der Waals surface area contributed by atoms with Gasteiger partial charge in [-0.15, -0.1) is 0 Å². The molecule has 0 aromatic heterocycles. The molecule has 11 heavy (non-hydrogen) atoms. The Labute approximate surface area is 69.6 Å². The highest BCUT2D eigenvalue weighted by atomic mass is 28.4. The Balaban J connectivity index is 4.09. The maximum Gasteiger partial charge on any atom is 0.242 e. The van der Waals surface area contributed by atoms with E-state index < -0.39 is 8.32 Å². The van der Waals surface area contributed by atoms with E-state index in [1.807, 2.05) is 0 Å².